The first kappa shape index (κ1) is 24.6. The summed E-state index contributed by atoms with van der Waals surface area (Å²) in [6, 6.07) is 5.14. The number of ether oxygens (including phenoxy) is 2. The average Bonchev–Trinajstić information content (AvgIpc) is 2.65. The normalized spacial score (nSPS) is 17.3. The van der Waals surface area contributed by atoms with Gasteiger partial charge in [0.2, 0.25) is 5.91 Å². The number of hydrogen-bond donors (Lipinski definition) is 2. The maximum Gasteiger partial charge on any atom is 0.407 e. The predicted molar refractivity (Wildman–Crippen MR) is 118 cm³/mol. The first-order valence-corrected chi connectivity index (χ1v) is 10.9. The Hall–Kier alpha value is -1.70. The summed E-state index contributed by atoms with van der Waals surface area (Å²) in [6.07, 6.45) is 1.32. The minimum absolute atomic E-state index is 0.00681. The van der Waals surface area contributed by atoms with E-state index in [0.717, 1.165) is 19.4 Å². The van der Waals surface area contributed by atoms with Crippen LogP contribution in [0.1, 0.15) is 33.6 Å². The largest absolute Gasteiger partial charge is 0.491 e. The summed E-state index contributed by atoms with van der Waals surface area (Å²) in [7, 11) is 0. The molecule has 168 valence electrons. The Bertz CT molecular complexity index is 725. The second-order valence-electron chi connectivity index (χ2n) is 8.28. The fraction of sp³-hybridized carbons (Fsp3) is 0.619. The number of amides is 2. The van der Waals surface area contributed by atoms with E-state index in [0.29, 0.717) is 48.6 Å². The summed E-state index contributed by atoms with van der Waals surface area (Å²) in [4.78, 5) is 26.3. The minimum atomic E-state index is -0.540. The van der Waals surface area contributed by atoms with Gasteiger partial charge in [0.05, 0.1) is 10.9 Å². The number of nitrogens with one attached hydrogen (secondary N) is 2. The van der Waals surface area contributed by atoms with Crippen LogP contribution in [0.3, 0.4) is 0 Å². The number of halogens is 2. The maximum absolute atomic E-state index is 12.4. The van der Waals surface area contributed by atoms with E-state index in [1.807, 2.05) is 0 Å². The van der Waals surface area contributed by atoms with E-state index in [-0.39, 0.29) is 11.8 Å². The molecule has 1 aliphatic heterocycles. The highest BCUT2D eigenvalue weighted by Crippen LogP contribution is 2.27. The molecule has 1 aromatic carbocycles. The van der Waals surface area contributed by atoms with Crippen LogP contribution in [0.4, 0.5) is 4.79 Å². The number of carbonyl (C=O) groups is 2. The van der Waals surface area contributed by atoms with Crippen molar-refractivity contribution in [3.63, 3.8) is 0 Å². The van der Waals surface area contributed by atoms with Crippen molar-refractivity contribution >= 4 is 35.2 Å². The number of carbonyl (C=O) groups excluding carboxylic acids is 2. The van der Waals surface area contributed by atoms with Gasteiger partial charge in [-0.2, -0.15) is 0 Å². The Balaban J connectivity index is 1.66. The Kier molecular flexibility index (Phi) is 9.52. The number of piperidine rings is 1. The molecular formula is C21H31Cl2N3O4. The van der Waals surface area contributed by atoms with Crippen LogP contribution in [0.15, 0.2) is 18.2 Å². The van der Waals surface area contributed by atoms with Crippen molar-refractivity contribution in [1.82, 2.24) is 15.5 Å². The SMILES string of the molecule is CC(C)(C)OC(=O)NCCNC(=O)C1CCCN(CCOc2ccc(Cl)cc2Cl)C1. The molecule has 1 unspecified atom stereocenters. The Morgan fingerprint density at radius 1 is 1.20 bits per heavy atom. The van der Waals surface area contributed by atoms with E-state index < -0.39 is 11.7 Å². The van der Waals surface area contributed by atoms with Crippen LogP contribution in [0.5, 0.6) is 5.75 Å². The van der Waals surface area contributed by atoms with Gasteiger partial charge in [-0.25, -0.2) is 4.79 Å². The summed E-state index contributed by atoms with van der Waals surface area (Å²) in [5, 5.41) is 6.58. The standard InChI is InChI=1S/C21H31Cl2N3O4/c1-21(2,3)30-20(28)25-9-8-24-19(27)15-5-4-10-26(14-15)11-12-29-18-7-6-16(22)13-17(18)23/h6-7,13,15H,4-5,8-12,14H2,1-3H3,(H,24,27)(H,25,28). The zero-order valence-corrected chi connectivity index (χ0v) is 19.3. The Morgan fingerprint density at radius 3 is 2.63 bits per heavy atom. The van der Waals surface area contributed by atoms with Crippen LogP contribution in [-0.4, -0.2) is 61.8 Å². The van der Waals surface area contributed by atoms with Gasteiger partial charge in [0.25, 0.3) is 0 Å². The molecule has 0 bridgehead atoms. The van der Waals surface area contributed by atoms with Crippen molar-refractivity contribution in [3.8, 4) is 5.75 Å². The zero-order valence-electron chi connectivity index (χ0n) is 17.8. The highest BCUT2D eigenvalue weighted by molar-refractivity contribution is 6.35. The number of nitrogens with zero attached hydrogens (tertiary/aromatic N) is 1. The van der Waals surface area contributed by atoms with Crippen molar-refractivity contribution in [1.29, 1.82) is 0 Å². The molecule has 30 heavy (non-hydrogen) atoms. The molecule has 1 aliphatic rings. The zero-order chi connectivity index (χ0) is 22.1. The second-order valence-corrected chi connectivity index (χ2v) is 9.13. The van der Waals surface area contributed by atoms with E-state index in [1.54, 1.807) is 39.0 Å². The number of alkyl carbamates (subject to hydrolysis) is 1. The van der Waals surface area contributed by atoms with Gasteiger partial charge in [-0.05, 0) is 58.4 Å². The highest BCUT2D eigenvalue weighted by atomic mass is 35.5. The maximum atomic E-state index is 12.4. The fourth-order valence-corrected chi connectivity index (χ4v) is 3.62. The Morgan fingerprint density at radius 2 is 1.93 bits per heavy atom. The fourth-order valence-electron chi connectivity index (χ4n) is 3.16. The van der Waals surface area contributed by atoms with Gasteiger partial charge in [0.15, 0.2) is 0 Å². The summed E-state index contributed by atoms with van der Waals surface area (Å²) in [5.74, 6) is 0.539. The van der Waals surface area contributed by atoms with Gasteiger partial charge in [-0.3, -0.25) is 9.69 Å². The molecule has 1 heterocycles. The van der Waals surface area contributed by atoms with Crippen molar-refractivity contribution < 1.29 is 19.1 Å². The van der Waals surface area contributed by atoms with E-state index in [1.165, 1.54) is 0 Å². The first-order chi connectivity index (χ1) is 14.1. The monoisotopic (exact) mass is 459 g/mol. The van der Waals surface area contributed by atoms with Crippen LogP contribution in [0.2, 0.25) is 10.0 Å². The molecular weight excluding hydrogens is 429 g/mol. The lowest BCUT2D eigenvalue weighted by Crippen LogP contribution is -2.45. The van der Waals surface area contributed by atoms with Gasteiger partial charge in [0.1, 0.15) is 18.0 Å². The van der Waals surface area contributed by atoms with E-state index in [9.17, 15) is 9.59 Å². The highest BCUT2D eigenvalue weighted by Gasteiger charge is 2.25. The van der Waals surface area contributed by atoms with Gasteiger partial charge in [-0.1, -0.05) is 23.2 Å². The molecule has 2 amide bonds. The smallest absolute Gasteiger partial charge is 0.407 e. The van der Waals surface area contributed by atoms with E-state index in [4.69, 9.17) is 32.7 Å². The number of rotatable bonds is 8. The van der Waals surface area contributed by atoms with Gasteiger partial charge in [-0.15, -0.1) is 0 Å². The van der Waals surface area contributed by atoms with Gasteiger partial charge in [0, 0.05) is 31.2 Å². The third-order valence-corrected chi connectivity index (χ3v) is 5.06. The molecule has 2 rings (SSSR count). The molecule has 1 atom stereocenters. The lowest BCUT2D eigenvalue weighted by Gasteiger charge is -2.31. The second kappa shape index (κ2) is 11.6. The molecule has 0 saturated carbocycles. The van der Waals surface area contributed by atoms with Crippen LogP contribution < -0.4 is 15.4 Å². The third kappa shape index (κ3) is 8.98. The minimum Gasteiger partial charge on any atom is -0.491 e. The number of likely N-dealkylation sites (tertiary alicyclic amines) is 1. The Labute approximate surface area is 188 Å². The van der Waals surface area contributed by atoms with E-state index in [2.05, 4.69) is 15.5 Å². The van der Waals surface area contributed by atoms with E-state index >= 15 is 0 Å². The molecule has 1 aromatic rings. The van der Waals surface area contributed by atoms with Crippen molar-refractivity contribution in [2.75, 3.05) is 39.3 Å². The summed E-state index contributed by atoms with van der Waals surface area (Å²) in [6.45, 7) is 8.91. The summed E-state index contributed by atoms with van der Waals surface area (Å²) in [5.41, 5.74) is -0.540. The molecule has 2 N–H and O–H groups in total. The van der Waals surface area contributed by atoms with Crippen LogP contribution >= 0.6 is 23.2 Å². The number of benzene rings is 1. The third-order valence-electron chi connectivity index (χ3n) is 4.53. The lowest BCUT2D eigenvalue weighted by atomic mass is 9.97. The first-order valence-electron chi connectivity index (χ1n) is 10.2. The lowest BCUT2D eigenvalue weighted by molar-refractivity contribution is -0.126. The predicted octanol–water partition coefficient (Wildman–Crippen LogP) is 3.73. The average molecular weight is 460 g/mol. The van der Waals surface area contributed by atoms with Crippen LogP contribution in [-0.2, 0) is 9.53 Å². The molecule has 0 aromatic heterocycles. The number of hydrogen-bond acceptors (Lipinski definition) is 5. The summed E-state index contributed by atoms with van der Waals surface area (Å²) < 4.78 is 10.9. The topological polar surface area (TPSA) is 79.9 Å². The molecule has 7 nitrogen and oxygen atoms in total. The molecule has 9 heteroatoms. The van der Waals surface area contributed by atoms with Crippen LogP contribution in [0, 0.1) is 5.92 Å². The summed E-state index contributed by atoms with van der Waals surface area (Å²) >= 11 is 12.0. The van der Waals surface area contributed by atoms with Crippen LogP contribution in [0.25, 0.3) is 0 Å². The molecule has 0 spiro atoms. The molecule has 1 saturated heterocycles. The van der Waals surface area contributed by atoms with Crippen molar-refractivity contribution in [2.45, 2.75) is 39.2 Å². The quantitative estimate of drug-likeness (QED) is 0.578. The molecule has 0 radical (unpaired) electrons. The van der Waals surface area contributed by atoms with Gasteiger partial charge >= 0.3 is 6.09 Å². The molecule has 0 aliphatic carbocycles. The van der Waals surface area contributed by atoms with Crippen molar-refractivity contribution in [2.24, 2.45) is 5.92 Å². The molecule has 1 fully saturated rings. The van der Waals surface area contributed by atoms with Crippen molar-refractivity contribution in [3.05, 3.63) is 28.2 Å². The van der Waals surface area contributed by atoms with Gasteiger partial charge < -0.3 is 20.1 Å².